The second-order valence-corrected chi connectivity index (χ2v) is 7.53. The summed E-state index contributed by atoms with van der Waals surface area (Å²) in [5.41, 5.74) is 5.85. The van der Waals surface area contributed by atoms with Crippen LogP contribution < -0.4 is 10.0 Å². The van der Waals surface area contributed by atoms with Crippen molar-refractivity contribution in [2.45, 2.75) is 6.54 Å². The Labute approximate surface area is 144 Å². The summed E-state index contributed by atoms with van der Waals surface area (Å²) < 4.78 is 39.4. The fourth-order valence-electron chi connectivity index (χ4n) is 2.15. The molecule has 8 heteroatoms. The van der Waals surface area contributed by atoms with Gasteiger partial charge in [0.15, 0.2) is 5.78 Å². The predicted octanol–water partition coefficient (Wildman–Crippen LogP) is 2.59. The number of Topliss-reactive ketones (excluding diaryl/α,β-unsaturated/α-hetero) is 1. The zero-order chi connectivity index (χ0) is 17.9. The van der Waals surface area contributed by atoms with Gasteiger partial charge in [0.25, 0.3) is 0 Å². The summed E-state index contributed by atoms with van der Waals surface area (Å²) in [6, 6.07) is 10.1. The van der Waals surface area contributed by atoms with Gasteiger partial charge in [-0.3, -0.25) is 9.10 Å². The number of hydrogen-bond donors (Lipinski definition) is 1. The summed E-state index contributed by atoms with van der Waals surface area (Å²) in [6.45, 7) is -0.446. The summed E-state index contributed by atoms with van der Waals surface area (Å²) in [4.78, 5) is 11.5. The lowest BCUT2D eigenvalue weighted by molar-refractivity contribution is 0.100. The molecule has 0 fully saturated rings. The van der Waals surface area contributed by atoms with Crippen molar-refractivity contribution < 1.29 is 17.6 Å². The highest BCUT2D eigenvalue weighted by molar-refractivity contribution is 7.92. The molecule has 0 saturated heterocycles. The Balaban J connectivity index is 2.39. The monoisotopic (exact) mass is 370 g/mol. The molecule has 0 atom stereocenters. The molecule has 0 amide bonds. The van der Waals surface area contributed by atoms with E-state index in [1.807, 2.05) is 0 Å². The average Bonchev–Trinajstić information content (AvgIpc) is 2.51. The van der Waals surface area contributed by atoms with Crippen molar-refractivity contribution in [2.75, 3.05) is 17.1 Å². The van der Waals surface area contributed by atoms with E-state index in [4.69, 9.17) is 17.3 Å². The molecule has 24 heavy (non-hydrogen) atoms. The number of nitrogens with two attached hydrogens (primary N) is 1. The fourth-order valence-corrected chi connectivity index (χ4v) is 3.21. The highest BCUT2D eigenvalue weighted by atomic mass is 35.5. The van der Waals surface area contributed by atoms with Crippen molar-refractivity contribution >= 4 is 33.1 Å². The van der Waals surface area contributed by atoms with Crippen molar-refractivity contribution in [1.82, 2.24) is 0 Å². The number of benzene rings is 2. The molecule has 0 aliphatic carbocycles. The third-order valence-corrected chi connectivity index (χ3v) is 4.75. The van der Waals surface area contributed by atoms with E-state index in [-0.39, 0.29) is 24.2 Å². The van der Waals surface area contributed by atoms with Crippen molar-refractivity contribution in [2.24, 2.45) is 5.73 Å². The molecule has 128 valence electrons. The number of nitrogens with zero attached hydrogens (tertiary/aromatic N) is 1. The Hall–Kier alpha value is -1.96. The van der Waals surface area contributed by atoms with Gasteiger partial charge in [-0.15, -0.1) is 0 Å². The molecule has 2 rings (SSSR count). The lowest BCUT2D eigenvalue weighted by Gasteiger charge is -2.23. The van der Waals surface area contributed by atoms with E-state index in [0.717, 1.165) is 16.6 Å². The number of ketones is 1. The average molecular weight is 371 g/mol. The van der Waals surface area contributed by atoms with Crippen LogP contribution in [-0.4, -0.2) is 27.0 Å². The molecule has 0 unspecified atom stereocenters. The Morgan fingerprint density at radius 2 is 1.96 bits per heavy atom. The lowest BCUT2D eigenvalue weighted by Crippen LogP contribution is -2.29. The minimum atomic E-state index is -3.66. The van der Waals surface area contributed by atoms with Gasteiger partial charge in [-0.25, -0.2) is 12.8 Å². The first-order valence-corrected chi connectivity index (χ1v) is 9.20. The number of carbonyl (C=O) groups excluding carboxylic acids is 1. The number of sulfonamides is 1. The second kappa shape index (κ2) is 7.29. The molecule has 0 saturated carbocycles. The summed E-state index contributed by atoms with van der Waals surface area (Å²) in [5.74, 6) is -1.07. The van der Waals surface area contributed by atoms with Gasteiger partial charge in [-0.2, -0.15) is 0 Å². The summed E-state index contributed by atoms with van der Waals surface area (Å²) >= 11 is 5.90. The zero-order valence-electron chi connectivity index (χ0n) is 12.9. The molecule has 0 bridgehead atoms. The first-order valence-electron chi connectivity index (χ1n) is 6.97. The molecule has 0 heterocycles. The molecule has 0 spiro atoms. The first-order chi connectivity index (χ1) is 11.2. The minimum absolute atomic E-state index is 0.133. The van der Waals surface area contributed by atoms with Gasteiger partial charge in [0.05, 0.1) is 25.0 Å². The topological polar surface area (TPSA) is 80.5 Å². The van der Waals surface area contributed by atoms with Crippen LogP contribution in [0.2, 0.25) is 5.02 Å². The van der Waals surface area contributed by atoms with E-state index in [9.17, 15) is 17.6 Å². The van der Waals surface area contributed by atoms with E-state index in [0.29, 0.717) is 10.7 Å². The Morgan fingerprint density at radius 1 is 1.25 bits per heavy atom. The van der Waals surface area contributed by atoms with Crippen LogP contribution in [0.1, 0.15) is 15.9 Å². The molecule has 2 N–H and O–H groups in total. The molecule has 0 aromatic heterocycles. The Kier molecular flexibility index (Phi) is 5.58. The SMILES string of the molecule is CS(=O)(=O)N(Cc1ccc(C(=O)CN)cc1F)c1cccc(Cl)c1. The number of halogens is 2. The zero-order valence-corrected chi connectivity index (χ0v) is 14.4. The summed E-state index contributed by atoms with van der Waals surface area (Å²) in [7, 11) is -3.66. The largest absolute Gasteiger partial charge is 0.324 e. The third-order valence-electron chi connectivity index (χ3n) is 3.37. The van der Waals surface area contributed by atoms with Crippen LogP contribution in [0.3, 0.4) is 0 Å². The van der Waals surface area contributed by atoms with E-state index in [1.165, 1.54) is 18.2 Å². The maximum Gasteiger partial charge on any atom is 0.232 e. The standard InChI is InChI=1S/C16H16ClFN2O3S/c1-24(22,23)20(14-4-2-3-13(17)8-14)10-12-6-5-11(7-15(12)18)16(21)9-19/h2-8H,9-10,19H2,1H3. The van der Waals surface area contributed by atoms with Gasteiger partial charge in [0.2, 0.25) is 10.0 Å². The van der Waals surface area contributed by atoms with Crippen LogP contribution in [0.25, 0.3) is 0 Å². The maximum atomic E-state index is 14.2. The van der Waals surface area contributed by atoms with Crippen molar-refractivity contribution in [3.05, 3.63) is 64.4 Å². The van der Waals surface area contributed by atoms with Gasteiger partial charge in [-0.05, 0) is 24.3 Å². The van der Waals surface area contributed by atoms with Gasteiger partial charge in [-0.1, -0.05) is 29.8 Å². The van der Waals surface area contributed by atoms with Crippen molar-refractivity contribution in [3.8, 4) is 0 Å². The smallest absolute Gasteiger partial charge is 0.232 e. The fraction of sp³-hybridized carbons (Fsp3) is 0.188. The number of hydrogen-bond acceptors (Lipinski definition) is 4. The molecule has 2 aromatic carbocycles. The molecule has 5 nitrogen and oxygen atoms in total. The van der Waals surface area contributed by atoms with Crippen LogP contribution in [0.15, 0.2) is 42.5 Å². The lowest BCUT2D eigenvalue weighted by atomic mass is 10.1. The maximum absolute atomic E-state index is 14.2. The highest BCUT2D eigenvalue weighted by Crippen LogP contribution is 2.25. The number of carbonyl (C=O) groups is 1. The Morgan fingerprint density at radius 3 is 2.50 bits per heavy atom. The molecule has 2 aromatic rings. The van der Waals surface area contributed by atoms with Crippen LogP contribution in [-0.2, 0) is 16.6 Å². The van der Waals surface area contributed by atoms with Crippen LogP contribution >= 0.6 is 11.6 Å². The van der Waals surface area contributed by atoms with Gasteiger partial charge in [0, 0.05) is 16.1 Å². The quantitative estimate of drug-likeness (QED) is 0.792. The van der Waals surface area contributed by atoms with E-state index in [2.05, 4.69) is 0 Å². The van der Waals surface area contributed by atoms with E-state index in [1.54, 1.807) is 18.2 Å². The molecule has 0 aliphatic heterocycles. The van der Waals surface area contributed by atoms with Gasteiger partial charge >= 0.3 is 0 Å². The molecular weight excluding hydrogens is 355 g/mol. The van der Waals surface area contributed by atoms with Crippen LogP contribution in [0, 0.1) is 5.82 Å². The first kappa shape index (κ1) is 18.4. The van der Waals surface area contributed by atoms with Gasteiger partial charge in [0.1, 0.15) is 5.82 Å². The van der Waals surface area contributed by atoms with E-state index >= 15 is 0 Å². The molecular formula is C16H16ClFN2O3S. The van der Waals surface area contributed by atoms with Crippen molar-refractivity contribution in [1.29, 1.82) is 0 Å². The second-order valence-electron chi connectivity index (χ2n) is 5.18. The minimum Gasteiger partial charge on any atom is -0.324 e. The number of rotatable bonds is 6. The Bertz CT molecular complexity index is 871. The van der Waals surface area contributed by atoms with Gasteiger partial charge < -0.3 is 5.73 Å². The third kappa shape index (κ3) is 4.31. The summed E-state index contributed by atoms with van der Waals surface area (Å²) in [6.07, 6.45) is 1.03. The predicted molar refractivity (Wildman–Crippen MR) is 92.3 cm³/mol. The van der Waals surface area contributed by atoms with Crippen LogP contribution in [0.4, 0.5) is 10.1 Å². The van der Waals surface area contributed by atoms with Crippen LogP contribution in [0.5, 0.6) is 0 Å². The highest BCUT2D eigenvalue weighted by Gasteiger charge is 2.20. The summed E-state index contributed by atoms with van der Waals surface area (Å²) in [5, 5.41) is 0.366. The normalized spacial score (nSPS) is 11.3. The molecule has 0 aliphatic rings. The number of anilines is 1. The molecule has 0 radical (unpaired) electrons. The van der Waals surface area contributed by atoms with Crippen molar-refractivity contribution in [3.63, 3.8) is 0 Å². The van der Waals surface area contributed by atoms with E-state index < -0.39 is 21.6 Å².